The maximum Gasteiger partial charge on any atom is 0.125 e. The van der Waals surface area contributed by atoms with Crippen LogP contribution in [-0.4, -0.2) is 18.3 Å². The van der Waals surface area contributed by atoms with Crippen LogP contribution in [0.25, 0.3) is 0 Å². The lowest BCUT2D eigenvalue weighted by Gasteiger charge is -2.36. The van der Waals surface area contributed by atoms with Crippen LogP contribution in [0.2, 0.25) is 0 Å². The van der Waals surface area contributed by atoms with Gasteiger partial charge in [0.1, 0.15) is 17.6 Å². The molecule has 0 radical (unpaired) electrons. The van der Waals surface area contributed by atoms with E-state index in [0.717, 1.165) is 17.1 Å². The smallest absolute Gasteiger partial charge is 0.125 e. The second kappa shape index (κ2) is 5.41. The molecule has 0 saturated heterocycles. The Morgan fingerprint density at radius 1 is 1.21 bits per heavy atom. The predicted molar refractivity (Wildman–Crippen MR) is 73.6 cm³/mol. The van der Waals surface area contributed by atoms with Crippen molar-refractivity contribution in [1.29, 1.82) is 0 Å². The molecule has 104 valence electrons. The summed E-state index contributed by atoms with van der Waals surface area (Å²) < 4.78 is 11.3. The fourth-order valence-corrected chi connectivity index (χ4v) is 3.37. The van der Waals surface area contributed by atoms with Gasteiger partial charge in [-0.05, 0) is 37.0 Å². The molecule has 3 nitrogen and oxygen atoms in total. The normalized spacial score (nSPS) is 27.5. The molecule has 2 aliphatic rings. The average Bonchev–Trinajstić information content (AvgIpc) is 2.48. The maximum atomic E-state index is 10.3. The lowest BCUT2D eigenvalue weighted by atomic mass is 9.81. The number of hydrogen-bond acceptors (Lipinski definition) is 3. The van der Waals surface area contributed by atoms with Crippen molar-refractivity contribution >= 4 is 0 Å². The van der Waals surface area contributed by atoms with E-state index in [-0.39, 0.29) is 6.10 Å². The number of aliphatic hydroxyl groups excluding tert-OH is 1. The Kier molecular flexibility index (Phi) is 3.65. The van der Waals surface area contributed by atoms with Gasteiger partial charge in [0.05, 0.1) is 13.2 Å². The van der Waals surface area contributed by atoms with Crippen LogP contribution in [0.1, 0.15) is 50.2 Å². The zero-order valence-electron chi connectivity index (χ0n) is 11.5. The van der Waals surface area contributed by atoms with Crippen LogP contribution in [0.3, 0.4) is 0 Å². The van der Waals surface area contributed by atoms with Gasteiger partial charge >= 0.3 is 0 Å². The summed E-state index contributed by atoms with van der Waals surface area (Å²) in [5, 5.41) is 10.3. The Labute approximate surface area is 114 Å². The second-order valence-corrected chi connectivity index (χ2v) is 5.71. The third-order valence-electron chi connectivity index (χ3n) is 4.49. The number of fused-ring (bicyclic) bond motifs is 1. The molecule has 1 aromatic carbocycles. The van der Waals surface area contributed by atoms with E-state index in [0.29, 0.717) is 12.3 Å². The highest BCUT2D eigenvalue weighted by atomic mass is 16.5. The predicted octanol–water partition coefficient (Wildman–Crippen LogP) is 3.46. The molecule has 19 heavy (non-hydrogen) atoms. The van der Waals surface area contributed by atoms with Crippen LogP contribution in [0.15, 0.2) is 18.2 Å². The molecule has 3 rings (SSSR count). The van der Waals surface area contributed by atoms with Crippen molar-refractivity contribution in [1.82, 2.24) is 0 Å². The summed E-state index contributed by atoms with van der Waals surface area (Å²) in [5.74, 6) is 2.21. The molecule has 2 atom stereocenters. The average molecular weight is 262 g/mol. The Balaban J connectivity index is 1.79. The molecule has 0 aromatic heterocycles. The van der Waals surface area contributed by atoms with Gasteiger partial charge in [-0.25, -0.2) is 0 Å². The first-order valence-corrected chi connectivity index (χ1v) is 7.30. The minimum atomic E-state index is -0.425. The van der Waals surface area contributed by atoms with Crippen LogP contribution in [0.4, 0.5) is 0 Å². The van der Waals surface area contributed by atoms with Gasteiger partial charge in [-0.15, -0.1) is 0 Å². The molecule has 0 bridgehead atoms. The molecule has 0 amide bonds. The molecule has 1 saturated carbocycles. The summed E-state index contributed by atoms with van der Waals surface area (Å²) in [6.07, 6.45) is 6.89. The van der Waals surface area contributed by atoms with E-state index in [9.17, 15) is 5.11 Å². The summed E-state index contributed by atoms with van der Waals surface area (Å²) >= 11 is 0. The van der Waals surface area contributed by atoms with Crippen molar-refractivity contribution in [2.24, 2.45) is 5.92 Å². The summed E-state index contributed by atoms with van der Waals surface area (Å²) in [4.78, 5) is 0. The number of rotatable bonds is 2. The fraction of sp³-hybridized carbons (Fsp3) is 0.625. The second-order valence-electron chi connectivity index (χ2n) is 5.71. The van der Waals surface area contributed by atoms with Gasteiger partial charge in [0.15, 0.2) is 0 Å². The number of methoxy groups -OCH3 is 1. The zero-order valence-corrected chi connectivity index (χ0v) is 11.5. The lowest BCUT2D eigenvalue weighted by Crippen LogP contribution is -2.34. The van der Waals surface area contributed by atoms with E-state index < -0.39 is 6.10 Å². The molecule has 3 heteroatoms. The van der Waals surface area contributed by atoms with Crippen LogP contribution in [-0.2, 0) is 0 Å². The van der Waals surface area contributed by atoms with Crippen LogP contribution >= 0.6 is 0 Å². The van der Waals surface area contributed by atoms with Gasteiger partial charge in [0.2, 0.25) is 0 Å². The minimum absolute atomic E-state index is 0.177. The molecule has 1 fully saturated rings. The molecular formula is C16H22O3. The van der Waals surface area contributed by atoms with E-state index in [2.05, 4.69) is 0 Å². The first-order valence-electron chi connectivity index (χ1n) is 7.30. The van der Waals surface area contributed by atoms with Gasteiger partial charge in [-0.3, -0.25) is 0 Å². The Bertz CT molecular complexity index is 438. The third kappa shape index (κ3) is 2.57. The van der Waals surface area contributed by atoms with Gasteiger partial charge < -0.3 is 14.6 Å². The molecular weight excluding hydrogens is 240 g/mol. The van der Waals surface area contributed by atoms with E-state index in [1.165, 1.54) is 32.1 Å². The van der Waals surface area contributed by atoms with Crippen molar-refractivity contribution in [3.8, 4) is 11.5 Å². The topological polar surface area (TPSA) is 38.7 Å². The molecule has 1 N–H and O–H groups in total. The Morgan fingerprint density at radius 2 is 2.00 bits per heavy atom. The van der Waals surface area contributed by atoms with Gasteiger partial charge in [0.25, 0.3) is 0 Å². The highest BCUT2D eigenvalue weighted by molar-refractivity contribution is 5.43. The van der Waals surface area contributed by atoms with E-state index in [4.69, 9.17) is 9.47 Å². The SMILES string of the molecule is COc1ccc2c(c1)[C@H](O)CC(C1CCCCC1)O2. The van der Waals surface area contributed by atoms with Crippen molar-refractivity contribution in [3.63, 3.8) is 0 Å². The van der Waals surface area contributed by atoms with E-state index in [1.54, 1.807) is 7.11 Å². The van der Waals surface area contributed by atoms with Crippen LogP contribution in [0.5, 0.6) is 11.5 Å². The monoisotopic (exact) mass is 262 g/mol. The molecule has 1 unspecified atom stereocenters. The third-order valence-corrected chi connectivity index (χ3v) is 4.49. The van der Waals surface area contributed by atoms with Crippen molar-refractivity contribution in [3.05, 3.63) is 23.8 Å². The van der Waals surface area contributed by atoms with Crippen molar-refractivity contribution in [2.75, 3.05) is 7.11 Å². The molecule has 1 aromatic rings. The largest absolute Gasteiger partial charge is 0.497 e. The fourth-order valence-electron chi connectivity index (χ4n) is 3.37. The molecule has 1 aliphatic carbocycles. The summed E-state index contributed by atoms with van der Waals surface area (Å²) in [6, 6.07) is 5.71. The summed E-state index contributed by atoms with van der Waals surface area (Å²) in [5.41, 5.74) is 0.867. The molecule has 1 aliphatic heterocycles. The van der Waals surface area contributed by atoms with Crippen molar-refractivity contribution < 1.29 is 14.6 Å². The number of benzene rings is 1. The summed E-state index contributed by atoms with van der Waals surface area (Å²) in [7, 11) is 1.64. The lowest BCUT2D eigenvalue weighted by molar-refractivity contribution is 0.0232. The van der Waals surface area contributed by atoms with Gasteiger partial charge in [-0.2, -0.15) is 0 Å². The highest BCUT2D eigenvalue weighted by Gasteiger charge is 2.33. The van der Waals surface area contributed by atoms with Gasteiger partial charge in [0, 0.05) is 12.0 Å². The number of ether oxygens (including phenoxy) is 2. The van der Waals surface area contributed by atoms with Gasteiger partial charge in [-0.1, -0.05) is 19.3 Å². The van der Waals surface area contributed by atoms with Crippen LogP contribution in [0, 0.1) is 5.92 Å². The molecule has 1 heterocycles. The first-order chi connectivity index (χ1) is 9.28. The number of aliphatic hydroxyl groups is 1. The maximum absolute atomic E-state index is 10.3. The minimum Gasteiger partial charge on any atom is -0.497 e. The van der Waals surface area contributed by atoms with E-state index >= 15 is 0 Å². The Hall–Kier alpha value is -1.22. The van der Waals surface area contributed by atoms with Crippen LogP contribution < -0.4 is 9.47 Å². The molecule has 0 spiro atoms. The summed E-state index contributed by atoms with van der Waals surface area (Å²) in [6.45, 7) is 0. The zero-order chi connectivity index (χ0) is 13.2. The quantitative estimate of drug-likeness (QED) is 0.887. The van der Waals surface area contributed by atoms with Crippen molar-refractivity contribution in [2.45, 2.75) is 50.7 Å². The Morgan fingerprint density at radius 3 is 2.74 bits per heavy atom. The standard InChI is InChI=1S/C16H22O3/c1-18-12-7-8-15-13(9-12)14(17)10-16(19-15)11-5-3-2-4-6-11/h7-9,11,14,16-17H,2-6,10H2,1H3/t14-,16?/m1/s1. The number of hydrogen-bond donors (Lipinski definition) is 1. The highest BCUT2D eigenvalue weighted by Crippen LogP contribution is 2.41. The first kappa shape index (κ1) is 12.8. The van der Waals surface area contributed by atoms with E-state index in [1.807, 2.05) is 18.2 Å².